The predicted octanol–water partition coefficient (Wildman–Crippen LogP) is 4.43. The molecule has 0 unspecified atom stereocenters. The molecule has 6 nitrogen and oxygen atoms in total. The van der Waals surface area contributed by atoms with Gasteiger partial charge in [0.05, 0.1) is 11.4 Å². The maximum Gasteiger partial charge on any atom is 0.270 e. The summed E-state index contributed by atoms with van der Waals surface area (Å²) in [5.74, 6) is -0.551. The van der Waals surface area contributed by atoms with E-state index < -0.39 is 0 Å². The van der Waals surface area contributed by atoms with E-state index in [0.717, 1.165) is 23.1 Å². The number of rotatable bonds is 5. The van der Waals surface area contributed by atoms with Crippen LogP contribution in [-0.2, 0) is 11.3 Å². The molecule has 3 heterocycles. The third-order valence-electron chi connectivity index (χ3n) is 6.23. The second kappa shape index (κ2) is 8.58. The highest BCUT2D eigenvalue weighted by Gasteiger charge is 2.30. The molecule has 1 saturated heterocycles. The van der Waals surface area contributed by atoms with Gasteiger partial charge in [-0.3, -0.25) is 9.59 Å². The van der Waals surface area contributed by atoms with E-state index in [2.05, 4.69) is 0 Å². The van der Waals surface area contributed by atoms with Crippen molar-refractivity contribution in [1.82, 2.24) is 9.47 Å². The lowest BCUT2D eigenvalue weighted by atomic mass is 9.97. The quantitative estimate of drug-likeness (QED) is 0.494. The molecule has 5 rings (SSSR count). The fourth-order valence-corrected chi connectivity index (χ4v) is 4.47. The minimum Gasteiger partial charge on any atom is -0.454 e. The molecule has 0 spiro atoms. The van der Waals surface area contributed by atoms with E-state index in [1.807, 2.05) is 41.0 Å². The third-order valence-corrected chi connectivity index (χ3v) is 6.23. The number of nitrogens with zero attached hydrogens (tertiary/aromatic N) is 2. The topological polar surface area (TPSA) is 81.5 Å². The van der Waals surface area contributed by atoms with Crippen LogP contribution in [0.4, 0.5) is 4.39 Å². The van der Waals surface area contributed by atoms with E-state index >= 15 is 0 Å². The van der Waals surface area contributed by atoms with Crippen molar-refractivity contribution in [3.05, 3.63) is 83.8 Å². The van der Waals surface area contributed by atoms with Crippen LogP contribution in [0.2, 0.25) is 0 Å². The summed E-state index contributed by atoms with van der Waals surface area (Å²) in [5.41, 5.74) is 9.17. The normalized spacial score (nSPS) is 16.3. The van der Waals surface area contributed by atoms with Crippen LogP contribution in [0.25, 0.3) is 22.4 Å². The van der Waals surface area contributed by atoms with Gasteiger partial charge in [-0.05, 0) is 42.7 Å². The van der Waals surface area contributed by atoms with E-state index in [-0.39, 0.29) is 23.5 Å². The van der Waals surface area contributed by atoms with Crippen LogP contribution in [0.1, 0.15) is 28.9 Å². The molecular formula is C26H24FN3O3. The Morgan fingerprint density at radius 2 is 1.82 bits per heavy atom. The second-order valence-electron chi connectivity index (χ2n) is 8.46. The van der Waals surface area contributed by atoms with Gasteiger partial charge in [0.25, 0.3) is 5.91 Å². The Bertz CT molecular complexity index is 1310. The van der Waals surface area contributed by atoms with Crippen molar-refractivity contribution in [2.75, 3.05) is 13.1 Å². The fraction of sp³-hybridized carbons (Fsp3) is 0.231. The number of amides is 2. The zero-order chi connectivity index (χ0) is 22.9. The standard InChI is InChI=1S/C26H24FN3O3/c27-20-10-8-18(9-11-20)23-13-21-24(33-23)14-22(30(21)15-17-5-2-1-3-6-17)26(32)29-12-4-7-19(16-29)25(28)31/h1-3,5-6,8-11,13-14,19H,4,7,12,15-16H2,(H2,28,31)/t19-/m1/s1. The van der Waals surface area contributed by atoms with Crippen molar-refractivity contribution in [3.8, 4) is 11.3 Å². The summed E-state index contributed by atoms with van der Waals surface area (Å²) in [6, 6.07) is 19.6. The molecule has 1 fully saturated rings. The molecule has 0 aliphatic carbocycles. The molecule has 1 aliphatic rings. The second-order valence-corrected chi connectivity index (χ2v) is 8.46. The van der Waals surface area contributed by atoms with Gasteiger partial charge in [0.2, 0.25) is 5.91 Å². The first-order chi connectivity index (χ1) is 16.0. The lowest BCUT2D eigenvalue weighted by Crippen LogP contribution is -2.44. The number of aromatic nitrogens is 1. The molecule has 0 bridgehead atoms. The van der Waals surface area contributed by atoms with Crippen molar-refractivity contribution in [3.63, 3.8) is 0 Å². The van der Waals surface area contributed by atoms with E-state index in [4.69, 9.17) is 10.2 Å². The first-order valence-corrected chi connectivity index (χ1v) is 11.0. The van der Waals surface area contributed by atoms with Crippen LogP contribution in [0.5, 0.6) is 0 Å². The number of fused-ring (bicyclic) bond motifs is 1. The van der Waals surface area contributed by atoms with Crippen LogP contribution in [0, 0.1) is 11.7 Å². The highest BCUT2D eigenvalue weighted by Crippen LogP contribution is 2.32. The Balaban J connectivity index is 1.55. The number of hydrogen-bond donors (Lipinski definition) is 1. The average Bonchev–Trinajstić information content (AvgIpc) is 3.39. The lowest BCUT2D eigenvalue weighted by molar-refractivity contribution is -0.123. The van der Waals surface area contributed by atoms with Crippen molar-refractivity contribution < 1.29 is 18.4 Å². The van der Waals surface area contributed by atoms with Gasteiger partial charge in [-0.25, -0.2) is 4.39 Å². The largest absolute Gasteiger partial charge is 0.454 e. The molecule has 0 radical (unpaired) electrons. The number of benzene rings is 2. The summed E-state index contributed by atoms with van der Waals surface area (Å²) in [6.45, 7) is 1.40. The van der Waals surface area contributed by atoms with Gasteiger partial charge in [0.15, 0.2) is 5.58 Å². The summed E-state index contributed by atoms with van der Waals surface area (Å²) < 4.78 is 21.3. The third kappa shape index (κ3) is 4.14. The van der Waals surface area contributed by atoms with E-state index in [1.165, 1.54) is 12.1 Å². The van der Waals surface area contributed by atoms with Crippen molar-refractivity contribution in [1.29, 1.82) is 0 Å². The number of carbonyl (C=O) groups excluding carboxylic acids is 2. The van der Waals surface area contributed by atoms with Gasteiger partial charge in [0.1, 0.15) is 17.3 Å². The van der Waals surface area contributed by atoms with Gasteiger partial charge < -0.3 is 19.6 Å². The molecule has 0 saturated carbocycles. The number of furan rings is 1. The van der Waals surface area contributed by atoms with Crippen LogP contribution in [0.15, 0.2) is 71.1 Å². The maximum atomic E-state index is 13.5. The summed E-state index contributed by atoms with van der Waals surface area (Å²) in [5, 5.41) is 0. The molecule has 2 aromatic carbocycles. The Morgan fingerprint density at radius 3 is 2.55 bits per heavy atom. The van der Waals surface area contributed by atoms with Crippen molar-refractivity contribution in [2.24, 2.45) is 11.7 Å². The molecule has 7 heteroatoms. The summed E-state index contributed by atoms with van der Waals surface area (Å²) in [4.78, 5) is 26.9. The number of halogens is 1. The summed E-state index contributed by atoms with van der Waals surface area (Å²) >= 11 is 0. The highest BCUT2D eigenvalue weighted by molar-refractivity contribution is 5.98. The SMILES string of the molecule is NC(=O)[C@@H]1CCCN(C(=O)c2cc3oc(-c4ccc(F)cc4)cc3n2Cc2ccccc2)C1. The molecule has 33 heavy (non-hydrogen) atoms. The number of hydrogen-bond acceptors (Lipinski definition) is 3. The molecule has 2 aromatic heterocycles. The molecular weight excluding hydrogens is 421 g/mol. The molecule has 2 N–H and O–H groups in total. The number of likely N-dealkylation sites (tertiary alicyclic amines) is 1. The fourth-order valence-electron chi connectivity index (χ4n) is 4.47. The van der Waals surface area contributed by atoms with E-state index in [0.29, 0.717) is 43.1 Å². The number of piperidine rings is 1. The van der Waals surface area contributed by atoms with Crippen molar-refractivity contribution >= 4 is 22.9 Å². The van der Waals surface area contributed by atoms with Gasteiger partial charge in [-0.15, -0.1) is 0 Å². The number of nitrogens with two attached hydrogens (primary N) is 1. The van der Waals surface area contributed by atoms with Crippen LogP contribution in [-0.4, -0.2) is 34.4 Å². The van der Waals surface area contributed by atoms with E-state index in [9.17, 15) is 14.0 Å². The lowest BCUT2D eigenvalue weighted by Gasteiger charge is -2.31. The van der Waals surface area contributed by atoms with E-state index in [1.54, 1.807) is 23.1 Å². The molecule has 168 valence electrons. The number of primary amides is 1. The predicted molar refractivity (Wildman–Crippen MR) is 123 cm³/mol. The van der Waals surface area contributed by atoms with Crippen molar-refractivity contribution in [2.45, 2.75) is 19.4 Å². The zero-order valence-corrected chi connectivity index (χ0v) is 18.0. The first-order valence-electron chi connectivity index (χ1n) is 11.0. The first kappa shape index (κ1) is 21.0. The monoisotopic (exact) mass is 445 g/mol. The van der Waals surface area contributed by atoms with Crippen LogP contribution in [0.3, 0.4) is 0 Å². The summed E-state index contributed by atoms with van der Waals surface area (Å²) in [6.07, 6.45) is 1.44. The molecule has 4 aromatic rings. The molecule has 1 atom stereocenters. The Morgan fingerprint density at radius 1 is 1.06 bits per heavy atom. The maximum absolute atomic E-state index is 13.5. The minimum atomic E-state index is -0.370. The number of carbonyl (C=O) groups is 2. The minimum absolute atomic E-state index is 0.147. The smallest absolute Gasteiger partial charge is 0.270 e. The molecule has 2 amide bonds. The van der Waals surface area contributed by atoms with Gasteiger partial charge in [-0.2, -0.15) is 0 Å². The average molecular weight is 445 g/mol. The highest BCUT2D eigenvalue weighted by atomic mass is 19.1. The Hall–Kier alpha value is -3.87. The van der Waals surface area contributed by atoms with Gasteiger partial charge in [-0.1, -0.05) is 30.3 Å². The molecule has 1 aliphatic heterocycles. The summed E-state index contributed by atoms with van der Waals surface area (Å²) in [7, 11) is 0. The van der Waals surface area contributed by atoms with Crippen LogP contribution >= 0.6 is 0 Å². The Labute approximate surface area is 190 Å². The Kier molecular flexibility index (Phi) is 5.46. The van der Waals surface area contributed by atoms with Crippen LogP contribution < -0.4 is 5.73 Å². The zero-order valence-electron chi connectivity index (χ0n) is 18.0. The van der Waals surface area contributed by atoms with Gasteiger partial charge in [0, 0.05) is 37.3 Å². The van der Waals surface area contributed by atoms with Gasteiger partial charge >= 0.3 is 0 Å².